The zero-order valence-electron chi connectivity index (χ0n) is 9.49. The SMILES string of the molecule is COC(=O)C(Cl)(Cl)C(O)c1c(F)c(F)c(F)c(F)c1F. The van der Waals surface area contributed by atoms with E-state index in [0.717, 1.165) is 7.11 Å². The topological polar surface area (TPSA) is 46.5 Å². The Morgan fingerprint density at radius 1 is 1.05 bits per heavy atom. The van der Waals surface area contributed by atoms with Crippen molar-refractivity contribution in [1.82, 2.24) is 0 Å². The average molecular weight is 339 g/mol. The third-order valence-electron chi connectivity index (χ3n) is 2.32. The first-order valence-corrected chi connectivity index (χ1v) is 5.48. The van der Waals surface area contributed by atoms with E-state index in [9.17, 15) is 31.9 Å². The minimum Gasteiger partial charge on any atom is -0.467 e. The molecule has 0 aliphatic heterocycles. The summed E-state index contributed by atoms with van der Waals surface area (Å²) in [7, 11) is 0.785. The summed E-state index contributed by atoms with van der Waals surface area (Å²) in [6.07, 6.45) is -2.75. The third kappa shape index (κ3) is 2.55. The molecule has 0 saturated carbocycles. The molecule has 0 bridgehead atoms. The van der Waals surface area contributed by atoms with Crippen molar-refractivity contribution in [2.45, 2.75) is 10.4 Å². The highest BCUT2D eigenvalue weighted by Gasteiger charge is 2.47. The summed E-state index contributed by atoms with van der Waals surface area (Å²) in [5.41, 5.74) is -1.74. The number of rotatable bonds is 3. The molecular weight excluding hydrogens is 334 g/mol. The van der Waals surface area contributed by atoms with Crippen LogP contribution < -0.4 is 0 Å². The number of aliphatic hydroxyl groups excluding tert-OH is 1. The van der Waals surface area contributed by atoms with Gasteiger partial charge in [0, 0.05) is 0 Å². The van der Waals surface area contributed by atoms with Crippen LogP contribution in [0.2, 0.25) is 0 Å². The number of methoxy groups -OCH3 is 1. The van der Waals surface area contributed by atoms with Crippen LogP contribution in [0.15, 0.2) is 0 Å². The molecule has 0 spiro atoms. The first-order valence-electron chi connectivity index (χ1n) is 4.72. The second-order valence-electron chi connectivity index (χ2n) is 3.50. The Labute approximate surface area is 118 Å². The highest BCUT2D eigenvalue weighted by molar-refractivity contribution is 6.58. The van der Waals surface area contributed by atoms with Crippen molar-refractivity contribution in [3.63, 3.8) is 0 Å². The molecule has 1 rings (SSSR count). The van der Waals surface area contributed by atoms with Gasteiger partial charge in [-0.05, 0) is 0 Å². The molecule has 1 atom stereocenters. The van der Waals surface area contributed by atoms with Crippen LogP contribution in [0.25, 0.3) is 0 Å². The maximum atomic E-state index is 13.4. The minimum absolute atomic E-state index is 0.785. The summed E-state index contributed by atoms with van der Waals surface area (Å²) < 4.78 is 66.6. The monoisotopic (exact) mass is 338 g/mol. The van der Waals surface area contributed by atoms with E-state index in [1.807, 2.05) is 0 Å². The Kier molecular flexibility index (Phi) is 4.83. The van der Waals surface area contributed by atoms with Crippen molar-refractivity contribution >= 4 is 29.2 Å². The second-order valence-corrected chi connectivity index (χ2v) is 4.89. The van der Waals surface area contributed by atoms with Gasteiger partial charge >= 0.3 is 5.97 Å². The van der Waals surface area contributed by atoms with E-state index in [0.29, 0.717) is 0 Å². The number of hydrogen-bond donors (Lipinski definition) is 1. The Balaban J connectivity index is 3.52. The van der Waals surface area contributed by atoms with E-state index < -0.39 is 51.1 Å². The number of halogens is 7. The largest absolute Gasteiger partial charge is 0.467 e. The smallest absolute Gasteiger partial charge is 0.345 e. The number of ether oxygens (including phenoxy) is 1. The third-order valence-corrected chi connectivity index (χ3v) is 3.04. The van der Waals surface area contributed by atoms with Crippen LogP contribution >= 0.6 is 23.2 Å². The Hall–Kier alpha value is -1.12. The lowest BCUT2D eigenvalue weighted by Gasteiger charge is -2.24. The molecule has 0 aromatic heterocycles. The number of carbonyl (C=O) groups excluding carboxylic acids is 1. The van der Waals surface area contributed by atoms with E-state index >= 15 is 0 Å². The van der Waals surface area contributed by atoms with Crippen molar-refractivity contribution in [2.75, 3.05) is 7.11 Å². The summed E-state index contributed by atoms with van der Waals surface area (Å²) in [6.45, 7) is 0. The number of benzene rings is 1. The molecule has 10 heteroatoms. The Morgan fingerprint density at radius 2 is 1.40 bits per heavy atom. The molecule has 0 aliphatic rings. The van der Waals surface area contributed by atoms with Gasteiger partial charge in [0.05, 0.1) is 12.7 Å². The normalized spacial score (nSPS) is 13.2. The first kappa shape index (κ1) is 16.9. The summed E-state index contributed by atoms with van der Waals surface area (Å²) in [6, 6.07) is 0. The molecule has 0 amide bonds. The quantitative estimate of drug-likeness (QED) is 0.303. The second kappa shape index (κ2) is 5.71. The number of hydrogen-bond acceptors (Lipinski definition) is 3. The zero-order chi connectivity index (χ0) is 15.8. The van der Waals surface area contributed by atoms with Gasteiger partial charge in [-0.3, -0.25) is 0 Å². The molecule has 1 aromatic carbocycles. The molecule has 0 fully saturated rings. The minimum atomic E-state index is -2.97. The van der Waals surface area contributed by atoms with Crippen LogP contribution in [0.1, 0.15) is 11.7 Å². The van der Waals surface area contributed by atoms with Gasteiger partial charge < -0.3 is 9.84 Å². The molecule has 0 aliphatic carbocycles. The summed E-state index contributed by atoms with van der Waals surface area (Å²) in [5.74, 6) is -13.3. The Bertz CT molecular complexity index is 535. The van der Waals surface area contributed by atoms with Crippen molar-refractivity contribution in [1.29, 1.82) is 0 Å². The number of esters is 1. The molecule has 0 heterocycles. The predicted octanol–water partition coefficient (Wildman–Crippen LogP) is 2.76. The number of alkyl halides is 2. The van der Waals surface area contributed by atoms with Crippen LogP contribution in [-0.4, -0.2) is 22.5 Å². The van der Waals surface area contributed by atoms with Gasteiger partial charge in [-0.15, -0.1) is 0 Å². The van der Waals surface area contributed by atoms with Gasteiger partial charge in [-0.1, -0.05) is 23.2 Å². The molecule has 1 unspecified atom stereocenters. The van der Waals surface area contributed by atoms with Crippen LogP contribution in [0.5, 0.6) is 0 Å². The highest BCUT2D eigenvalue weighted by Crippen LogP contribution is 2.40. The van der Waals surface area contributed by atoms with Gasteiger partial charge in [0.15, 0.2) is 23.3 Å². The van der Waals surface area contributed by atoms with Crippen molar-refractivity contribution in [2.24, 2.45) is 0 Å². The molecule has 112 valence electrons. The number of aliphatic hydroxyl groups is 1. The highest BCUT2D eigenvalue weighted by atomic mass is 35.5. The van der Waals surface area contributed by atoms with E-state index in [1.54, 1.807) is 0 Å². The van der Waals surface area contributed by atoms with Gasteiger partial charge in [-0.25, -0.2) is 26.7 Å². The van der Waals surface area contributed by atoms with Crippen LogP contribution in [0.4, 0.5) is 22.0 Å². The number of carbonyl (C=O) groups is 1. The molecular formula is C10H5Cl2F5O3. The van der Waals surface area contributed by atoms with Crippen LogP contribution in [0.3, 0.4) is 0 Å². The average Bonchev–Trinajstić information content (AvgIpc) is 2.41. The zero-order valence-corrected chi connectivity index (χ0v) is 11.0. The van der Waals surface area contributed by atoms with Gasteiger partial charge in [0.2, 0.25) is 10.2 Å². The first-order chi connectivity index (χ1) is 9.07. The predicted molar refractivity (Wildman–Crippen MR) is 57.6 cm³/mol. The van der Waals surface area contributed by atoms with Gasteiger partial charge in [0.1, 0.15) is 6.10 Å². The van der Waals surface area contributed by atoms with Gasteiger partial charge in [-0.2, -0.15) is 0 Å². The Morgan fingerprint density at radius 3 is 1.75 bits per heavy atom. The fourth-order valence-electron chi connectivity index (χ4n) is 1.29. The van der Waals surface area contributed by atoms with Crippen LogP contribution in [0, 0.1) is 29.1 Å². The lowest BCUT2D eigenvalue weighted by Crippen LogP contribution is -2.36. The lowest BCUT2D eigenvalue weighted by atomic mass is 10.0. The fourth-order valence-corrected chi connectivity index (χ4v) is 1.66. The molecule has 0 radical (unpaired) electrons. The van der Waals surface area contributed by atoms with E-state index in [1.165, 1.54) is 0 Å². The summed E-state index contributed by atoms with van der Waals surface area (Å²) in [5, 5.41) is 9.55. The molecule has 20 heavy (non-hydrogen) atoms. The molecule has 1 N–H and O–H groups in total. The fraction of sp³-hybridized carbons (Fsp3) is 0.300. The molecule has 1 aromatic rings. The molecule has 3 nitrogen and oxygen atoms in total. The maximum absolute atomic E-state index is 13.4. The summed E-state index contributed by atoms with van der Waals surface area (Å²) >= 11 is 10.7. The van der Waals surface area contributed by atoms with Crippen molar-refractivity contribution in [3.8, 4) is 0 Å². The van der Waals surface area contributed by atoms with E-state index in [2.05, 4.69) is 4.74 Å². The van der Waals surface area contributed by atoms with Crippen LogP contribution in [-0.2, 0) is 9.53 Å². The maximum Gasteiger partial charge on any atom is 0.345 e. The summed E-state index contributed by atoms with van der Waals surface area (Å²) in [4.78, 5) is 11.2. The van der Waals surface area contributed by atoms with Crippen molar-refractivity contribution in [3.05, 3.63) is 34.6 Å². The van der Waals surface area contributed by atoms with Crippen molar-refractivity contribution < 1.29 is 36.6 Å². The van der Waals surface area contributed by atoms with Gasteiger partial charge in [0.25, 0.3) is 0 Å². The van der Waals surface area contributed by atoms with E-state index in [4.69, 9.17) is 23.2 Å². The molecule has 0 saturated heterocycles. The lowest BCUT2D eigenvalue weighted by molar-refractivity contribution is -0.144. The van der Waals surface area contributed by atoms with E-state index in [-0.39, 0.29) is 0 Å². The standard InChI is InChI=1S/C10H5Cl2F5O3/c1-20-9(19)10(11,12)8(18)2-3(13)5(15)7(17)6(16)4(2)14/h8,18H,1H3.